The molecule has 2 rings (SSSR count). The first-order valence-corrected chi connectivity index (χ1v) is 6.65. The van der Waals surface area contributed by atoms with Crippen molar-refractivity contribution in [1.82, 2.24) is 14.9 Å². The largest absolute Gasteiger partial charge is 0.366 e. The SMILES string of the molecule is CCCc1nc2c(c(=O)[nH]1)CCN(COCC)C2. The van der Waals surface area contributed by atoms with E-state index in [2.05, 4.69) is 21.8 Å². The first-order valence-electron chi connectivity index (χ1n) is 6.65. The molecule has 0 unspecified atom stereocenters. The zero-order chi connectivity index (χ0) is 13.0. The van der Waals surface area contributed by atoms with E-state index in [-0.39, 0.29) is 5.56 Å². The van der Waals surface area contributed by atoms with Crippen LogP contribution in [-0.4, -0.2) is 34.8 Å². The maximum atomic E-state index is 11.9. The Labute approximate surface area is 107 Å². The van der Waals surface area contributed by atoms with E-state index in [0.717, 1.165) is 49.4 Å². The van der Waals surface area contributed by atoms with Crippen molar-refractivity contribution in [1.29, 1.82) is 0 Å². The molecule has 0 aromatic carbocycles. The van der Waals surface area contributed by atoms with Crippen molar-refractivity contribution in [3.05, 3.63) is 27.4 Å². The molecule has 0 bridgehead atoms. The summed E-state index contributed by atoms with van der Waals surface area (Å²) in [6, 6.07) is 0. The van der Waals surface area contributed by atoms with Gasteiger partial charge in [-0.05, 0) is 19.8 Å². The Balaban J connectivity index is 2.16. The quantitative estimate of drug-likeness (QED) is 0.850. The summed E-state index contributed by atoms with van der Waals surface area (Å²) in [5, 5.41) is 0. The Bertz CT molecular complexity index is 456. The minimum absolute atomic E-state index is 0.0412. The first kappa shape index (κ1) is 13.2. The lowest BCUT2D eigenvalue weighted by Gasteiger charge is -2.27. The van der Waals surface area contributed by atoms with Crippen LogP contribution in [0.4, 0.5) is 0 Å². The molecule has 1 N–H and O–H groups in total. The Kier molecular flexibility index (Phi) is 4.49. The molecule has 0 atom stereocenters. The molecule has 0 aliphatic carbocycles. The standard InChI is InChI=1S/C13H21N3O2/c1-3-5-12-14-11-8-16(9-18-4-2)7-6-10(11)13(17)15-12/h3-9H2,1-2H3,(H,14,15,17). The number of hydrogen-bond acceptors (Lipinski definition) is 4. The predicted octanol–water partition coefficient (Wildman–Crippen LogP) is 1.07. The van der Waals surface area contributed by atoms with E-state index in [9.17, 15) is 4.79 Å². The monoisotopic (exact) mass is 251 g/mol. The van der Waals surface area contributed by atoms with E-state index in [0.29, 0.717) is 13.3 Å². The Morgan fingerprint density at radius 2 is 2.28 bits per heavy atom. The maximum absolute atomic E-state index is 11.9. The summed E-state index contributed by atoms with van der Waals surface area (Å²) in [4.78, 5) is 21.6. The molecule has 0 saturated heterocycles. The zero-order valence-corrected chi connectivity index (χ0v) is 11.2. The molecule has 2 heterocycles. The molecular weight excluding hydrogens is 230 g/mol. The van der Waals surface area contributed by atoms with Crippen molar-refractivity contribution >= 4 is 0 Å². The van der Waals surface area contributed by atoms with Gasteiger partial charge in [-0.2, -0.15) is 0 Å². The van der Waals surface area contributed by atoms with Crippen molar-refractivity contribution < 1.29 is 4.74 Å². The van der Waals surface area contributed by atoms with E-state index in [4.69, 9.17) is 4.74 Å². The van der Waals surface area contributed by atoms with Crippen LogP contribution in [0, 0.1) is 0 Å². The summed E-state index contributed by atoms with van der Waals surface area (Å²) >= 11 is 0. The topological polar surface area (TPSA) is 58.2 Å². The Hall–Kier alpha value is -1.20. The van der Waals surface area contributed by atoms with Crippen LogP contribution in [0.5, 0.6) is 0 Å². The molecule has 0 saturated carbocycles. The second-order valence-corrected chi connectivity index (χ2v) is 4.61. The van der Waals surface area contributed by atoms with Crippen molar-refractivity contribution in [2.75, 3.05) is 19.9 Å². The van der Waals surface area contributed by atoms with Crippen molar-refractivity contribution in [3.8, 4) is 0 Å². The van der Waals surface area contributed by atoms with E-state index in [1.807, 2.05) is 6.92 Å². The van der Waals surface area contributed by atoms with Crippen LogP contribution >= 0.6 is 0 Å². The third-order valence-electron chi connectivity index (χ3n) is 3.17. The summed E-state index contributed by atoms with van der Waals surface area (Å²) in [5.74, 6) is 0.805. The molecule has 1 aromatic heterocycles. The smallest absolute Gasteiger partial charge is 0.254 e. The number of ether oxygens (including phenoxy) is 1. The van der Waals surface area contributed by atoms with Crippen LogP contribution in [0.1, 0.15) is 37.4 Å². The van der Waals surface area contributed by atoms with Gasteiger partial charge in [0.25, 0.3) is 5.56 Å². The predicted molar refractivity (Wildman–Crippen MR) is 69.5 cm³/mol. The lowest BCUT2D eigenvalue weighted by Crippen LogP contribution is -2.37. The highest BCUT2D eigenvalue weighted by Gasteiger charge is 2.20. The molecule has 100 valence electrons. The third kappa shape index (κ3) is 2.97. The third-order valence-corrected chi connectivity index (χ3v) is 3.17. The van der Waals surface area contributed by atoms with Crippen LogP contribution in [0.3, 0.4) is 0 Å². The zero-order valence-electron chi connectivity index (χ0n) is 11.2. The number of nitrogens with one attached hydrogen (secondary N) is 1. The molecule has 5 nitrogen and oxygen atoms in total. The minimum atomic E-state index is 0.0412. The summed E-state index contributed by atoms with van der Waals surface area (Å²) in [6.07, 6.45) is 2.58. The van der Waals surface area contributed by atoms with E-state index in [1.54, 1.807) is 0 Å². The summed E-state index contributed by atoms with van der Waals surface area (Å²) < 4.78 is 5.41. The number of hydrogen-bond donors (Lipinski definition) is 1. The van der Waals surface area contributed by atoms with Gasteiger partial charge in [-0.15, -0.1) is 0 Å². The molecule has 1 aliphatic heterocycles. The highest BCUT2D eigenvalue weighted by molar-refractivity contribution is 5.20. The highest BCUT2D eigenvalue weighted by Crippen LogP contribution is 2.13. The lowest BCUT2D eigenvalue weighted by molar-refractivity contribution is 0.0268. The molecule has 1 aromatic rings. The van der Waals surface area contributed by atoms with Gasteiger partial charge >= 0.3 is 0 Å². The van der Waals surface area contributed by atoms with Crippen molar-refractivity contribution in [3.63, 3.8) is 0 Å². The van der Waals surface area contributed by atoms with Gasteiger partial charge in [0.2, 0.25) is 0 Å². The van der Waals surface area contributed by atoms with Gasteiger partial charge in [0.1, 0.15) is 5.82 Å². The van der Waals surface area contributed by atoms with Gasteiger partial charge in [-0.1, -0.05) is 6.92 Å². The Morgan fingerprint density at radius 3 is 3.00 bits per heavy atom. The van der Waals surface area contributed by atoms with Crippen LogP contribution in [0.15, 0.2) is 4.79 Å². The number of rotatable bonds is 5. The average Bonchev–Trinajstić information content (AvgIpc) is 2.36. The normalized spacial score (nSPS) is 15.7. The molecular formula is C13H21N3O2. The number of H-pyrrole nitrogens is 1. The van der Waals surface area contributed by atoms with Crippen molar-refractivity contribution in [2.45, 2.75) is 39.7 Å². The number of aryl methyl sites for hydroxylation is 1. The van der Waals surface area contributed by atoms with Crippen LogP contribution in [0.25, 0.3) is 0 Å². The molecule has 0 amide bonds. The summed E-state index contributed by atoms with van der Waals surface area (Å²) in [5.41, 5.74) is 1.82. The number of aromatic amines is 1. The van der Waals surface area contributed by atoms with Gasteiger partial charge in [-0.25, -0.2) is 4.98 Å². The number of fused-ring (bicyclic) bond motifs is 1. The second-order valence-electron chi connectivity index (χ2n) is 4.61. The Morgan fingerprint density at radius 1 is 1.44 bits per heavy atom. The lowest BCUT2D eigenvalue weighted by atomic mass is 10.1. The first-order chi connectivity index (χ1) is 8.74. The van der Waals surface area contributed by atoms with Crippen LogP contribution in [0.2, 0.25) is 0 Å². The molecule has 0 spiro atoms. The molecule has 18 heavy (non-hydrogen) atoms. The number of aromatic nitrogens is 2. The fourth-order valence-corrected chi connectivity index (χ4v) is 2.23. The summed E-state index contributed by atoms with van der Waals surface area (Å²) in [6.45, 7) is 6.99. The van der Waals surface area contributed by atoms with Gasteiger partial charge in [0.15, 0.2) is 0 Å². The molecule has 5 heteroatoms. The fraction of sp³-hybridized carbons (Fsp3) is 0.692. The van der Waals surface area contributed by atoms with Crippen molar-refractivity contribution in [2.24, 2.45) is 0 Å². The van der Waals surface area contributed by atoms with Gasteiger partial charge < -0.3 is 9.72 Å². The molecule has 0 radical (unpaired) electrons. The molecule has 1 aliphatic rings. The minimum Gasteiger partial charge on any atom is -0.366 e. The summed E-state index contributed by atoms with van der Waals surface area (Å²) in [7, 11) is 0. The highest BCUT2D eigenvalue weighted by atomic mass is 16.5. The fourth-order valence-electron chi connectivity index (χ4n) is 2.23. The second kappa shape index (κ2) is 6.11. The number of nitrogens with zero attached hydrogens (tertiary/aromatic N) is 2. The average molecular weight is 251 g/mol. The van der Waals surface area contributed by atoms with Gasteiger partial charge in [0, 0.05) is 31.7 Å². The van der Waals surface area contributed by atoms with Crippen LogP contribution in [-0.2, 0) is 24.1 Å². The van der Waals surface area contributed by atoms with Gasteiger partial charge in [-0.3, -0.25) is 9.69 Å². The van der Waals surface area contributed by atoms with E-state index < -0.39 is 0 Å². The van der Waals surface area contributed by atoms with Crippen LogP contribution < -0.4 is 5.56 Å². The molecule has 0 fully saturated rings. The van der Waals surface area contributed by atoms with E-state index in [1.165, 1.54) is 0 Å². The van der Waals surface area contributed by atoms with Gasteiger partial charge in [0.05, 0.1) is 12.4 Å². The maximum Gasteiger partial charge on any atom is 0.254 e. The van der Waals surface area contributed by atoms with E-state index >= 15 is 0 Å².